The first-order valence-corrected chi connectivity index (χ1v) is 14.4. The van der Waals surface area contributed by atoms with E-state index in [0.717, 1.165) is 22.3 Å². The van der Waals surface area contributed by atoms with Crippen molar-refractivity contribution >= 4 is 23.6 Å². The van der Waals surface area contributed by atoms with Crippen molar-refractivity contribution in [3.63, 3.8) is 0 Å². The fourth-order valence-electron chi connectivity index (χ4n) is 4.64. The van der Waals surface area contributed by atoms with Gasteiger partial charge in [0.1, 0.15) is 0 Å². The Bertz CT molecular complexity index is 1460. The third-order valence-electron chi connectivity index (χ3n) is 6.90. The number of rotatable bonds is 10. The predicted molar refractivity (Wildman–Crippen MR) is 157 cm³/mol. The number of aliphatic hydroxyl groups excluding tert-OH is 1. The van der Waals surface area contributed by atoms with Crippen molar-refractivity contribution in [3.8, 4) is 0 Å². The summed E-state index contributed by atoms with van der Waals surface area (Å²) in [6, 6.07) is 31.5. The summed E-state index contributed by atoms with van der Waals surface area (Å²) in [4.78, 5) is 24.8. The highest BCUT2D eigenvalue weighted by atomic mass is 32.2. The molecular weight excluding hydrogens is 538 g/mol. The van der Waals surface area contributed by atoms with Crippen LogP contribution in [0.4, 0.5) is 0 Å². The highest BCUT2D eigenvalue weighted by Gasteiger charge is 2.32. The molecule has 1 aliphatic heterocycles. The highest BCUT2D eigenvalue weighted by molar-refractivity contribution is 7.99. The van der Waals surface area contributed by atoms with E-state index in [1.54, 1.807) is 24.3 Å². The Labute approximate surface area is 243 Å². The van der Waals surface area contributed by atoms with Gasteiger partial charge in [0.15, 0.2) is 6.29 Å². The average Bonchev–Trinajstić information content (AvgIpc) is 3.03. The number of aromatic carboxylic acids is 1. The van der Waals surface area contributed by atoms with E-state index in [0.29, 0.717) is 29.2 Å². The molecule has 0 spiro atoms. The zero-order valence-corrected chi connectivity index (χ0v) is 23.1. The fourth-order valence-corrected chi connectivity index (χ4v) is 5.71. The second kappa shape index (κ2) is 13.6. The lowest BCUT2D eigenvalue weighted by Crippen LogP contribution is -2.31. The molecule has 210 valence electrons. The standard InChI is InChI=1S/C33H31NO6S/c35-20-23-12-14-24(15-13-23)29-18-27(21-41-30-9-5-4-8-28(30)32(37)38)39-33(40-29)26-16-10-22(11-17-26)19-34-31(36)25-6-2-1-3-7-25/h1-17,27,29,33,35H,18-21H2,(H,34,36)(H,37,38)/t27-,29+,33+/m0/s1. The van der Waals surface area contributed by atoms with Crippen molar-refractivity contribution < 1.29 is 29.3 Å². The van der Waals surface area contributed by atoms with Gasteiger partial charge in [0, 0.05) is 34.7 Å². The molecule has 0 aromatic heterocycles. The smallest absolute Gasteiger partial charge is 0.336 e. The topological polar surface area (TPSA) is 105 Å². The molecule has 4 aromatic rings. The minimum Gasteiger partial charge on any atom is -0.478 e. The third-order valence-corrected chi connectivity index (χ3v) is 8.10. The van der Waals surface area contributed by atoms with Crippen molar-refractivity contribution in [2.75, 3.05) is 5.75 Å². The van der Waals surface area contributed by atoms with Crippen LogP contribution in [0.25, 0.3) is 0 Å². The summed E-state index contributed by atoms with van der Waals surface area (Å²) in [5, 5.41) is 22.0. The molecule has 1 amide bonds. The Morgan fingerprint density at radius 3 is 2.17 bits per heavy atom. The number of ether oxygens (including phenoxy) is 2. The predicted octanol–water partition coefficient (Wildman–Crippen LogP) is 6.14. The van der Waals surface area contributed by atoms with E-state index in [4.69, 9.17) is 9.47 Å². The van der Waals surface area contributed by atoms with Gasteiger partial charge in [0.2, 0.25) is 0 Å². The zero-order valence-electron chi connectivity index (χ0n) is 22.3. The van der Waals surface area contributed by atoms with Crippen LogP contribution in [0.15, 0.2) is 108 Å². The van der Waals surface area contributed by atoms with Gasteiger partial charge in [-0.2, -0.15) is 0 Å². The molecule has 7 nitrogen and oxygen atoms in total. The molecule has 0 radical (unpaired) electrons. The molecule has 3 N–H and O–H groups in total. The first-order valence-electron chi connectivity index (χ1n) is 13.4. The number of aliphatic hydroxyl groups is 1. The molecule has 1 fully saturated rings. The largest absolute Gasteiger partial charge is 0.478 e. The lowest BCUT2D eigenvalue weighted by atomic mass is 10.0. The quantitative estimate of drug-likeness (QED) is 0.197. The number of carboxylic acid groups (broad SMARTS) is 1. The molecular formula is C33H31NO6S. The zero-order chi connectivity index (χ0) is 28.6. The third kappa shape index (κ3) is 7.42. The van der Waals surface area contributed by atoms with E-state index in [-0.39, 0.29) is 30.3 Å². The van der Waals surface area contributed by atoms with Crippen LogP contribution in [0.1, 0.15) is 61.8 Å². The molecule has 3 atom stereocenters. The van der Waals surface area contributed by atoms with Crippen molar-refractivity contribution in [1.82, 2.24) is 5.32 Å². The molecule has 1 aliphatic rings. The van der Waals surface area contributed by atoms with E-state index in [9.17, 15) is 19.8 Å². The number of carboxylic acids is 1. The summed E-state index contributed by atoms with van der Waals surface area (Å²) in [6.45, 7) is 0.362. The first kappa shape index (κ1) is 28.6. The van der Waals surface area contributed by atoms with Crippen LogP contribution in [-0.2, 0) is 22.6 Å². The number of nitrogens with one attached hydrogen (secondary N) is 1. The molecule has 1 saturated heterocycles. The molecule has 4 aromatic carbocycles. The normalized spacial score (nSPS) is 18.5. The van der Waals surface area contributed by atoms with Crippen LogP contribution in [0, 0.1) is 0 Å². The Balaban J connectivity index is 1.29. The van der Waals surface area contributed by atoms with Gasteiger partial charge in [0.25, 0.3) is 5.91 Å². The van der Waals surface area contributed by atoms with Crippen LogP contribution in [0.2, 0.25) is 0 Å². The van der Waals surface area contributed by atoms with E-state index in [2.05, 4.69) is 5.32 Å². The van der Waals surface area contributed by atoms with Crippen molar-refractivity contribution in [2.24, 2.45) is 0 Å². The van der Waals surface area contributed by atoms with Gasteiger partial charge in [-0.15, -0.1) is 11.8 Å². The lowest BCUT2D eigenvalue weighted by Gasteiger charge is -2.36. The minimum atomic E-state index is -0.958. The highest BCUT2D eigenvalue weighted by Crippen LogP contribution is 2.39. The maximum atomic E-state index is 12.4. The molecule has 0 aliphatic carbocycles. The van der Waals surface area contributed by atoms with Crippen LogP contribution >= 0.6 is 11.8 Å². The van der Waals surface area contributed by atoms with Gasteiger partial charge in [0.05, 0.1) is 24.4 Å². The first-order chi connectivity index (χ1) is 20.0. The van der Waals surface area contributed by atoms with Gasteiger partial charge >= 0.3 is 5.97 Å². The van der Waals surface area contributed by atoms with E-state index in [1.165, 1.54) is 11.8 Å². The number of amides is 1. The molecule has 0 saturated carbocycles. The van der Waals surface area contributed by atoms with Crippen molar-refractivity contribution in [2.45, 2.75) is 43.0 Å². The van der Waals surface area contributed by atoms with Gasteiger partial charge in [-0.25, -0.2) is 4.79 Å². The second-order valence-electron chi connectivity index (χ2n) is 9.75. The van der Waals surface area contributed by atoms with Crippen molar-refractivity contribution in [1.29, 1.82) is 0 Å². The molecule has 1 heterocycles. The number of benzene rings is 4. The summed E-state index contributed by atoms with van der Waals surface area (Å²) in [5.74, 6) is -0.534. The molecule has 0 unspecified atom stereocenters. The fraction of sp³-hybridized carbons (Fsp3) is 0.212. The minimum absolute atomic E-state index is 0.0298. The van der Waals surface area contributed by atoms with E-state index >= 15 is 0 Å². The maximum Gasteiger partial charge on any atom is 0.336 e. The summed E-state index contributed by atoms with van der Waals surface area (Å²) in [5.41, 5.74) is 4.48. The Morgan fingerprint density at radius 2 is 1.46 bits per heavy atom. The Morgan fingerprint density at radius 1 is 0.805 bits per heavy atom. The van der Waals surface area contributed by atoms with Crippen LogP contribution in [0.5, 0.6) is 0 Å². The summed E-state index contributed by atoms with van der Waals surface area (Å²) in [7, 11) is 0. The van der Waals surface area contributed by atoms with Gasteiger partial charge in [-0.05, 0) is 41.0 Å². The van der Waals surface area contributed by atoms with E-state index in [1.807, 2.05) is 78.9 Å². The summed E-state index contributed by atoms with van der Waals surface area (Å²) in [6.07, 6.45) is -0.472. The molecule has 8 heteroatoms. The monoisotopic (exact) mass is 569 g/mol. The van der Waals surface area contributed by atoms with Gasteiger partial charge in [-0.1, -0.05) is 78.9 Å². The number of thioether (sulfide) groups is 1. The van der Waals surface area contributed by atoms with Crippen LogP contribution in [0.3, 0.4) is 0 Å². The SMILES string of the molecule is O=C(NCc1ccc([C@@H]2O[C@H](CSc3ccccc3C(=O)O)C[C@H](c3ccc(CO)cc3)O2)cc1)c1ccccc1. The Kier molecular flexibility index (Phi) is 9.48. The number of carbonyl (C=O) groups excluding carboxylic acids is 1. The summed E-state index contributed by atoms with van der Waals surface area (Å²) < 4.78 is 12.8. The van der Waals surface area contributed by atoms with Gasteiger partial charge < -0.3 is 25.0 Å². The van der Waals surface area contributed by atoms with Crippen molar-refractivity contribution in [3.05, 3.63) is 137 Å². The number of carbonyl (C=O) groups is 2. The average molecular weight is 570 g/mol. The lowest BCUT2D eigenvalue weighted by molar-refractivity contribution is -0.245. The molecule has 5 rings (SSSR count). The van der Waals surface area contributed by atoms with Crippen LogP contribution < -0.4 is 5.32 Å². The van der Waals surface area contributed by atoms with Crippen LogP contribution in [-0.4, -0.2) is 33.9 Å². The Hall–Kier alpha value is -3.95. The van der Waals surface area contributed by atoms with Gasteiger partial charge in [-0.3, -0.25) is 4.79 Å². The number of hydrogen-bond acceptors (Lipinski definition) is 6. The molecule has 0 bridgehead atoms. The van der Waals surface area contributed by atoms with E-state index < -0.39 is 12.3 Å². The second-order valence-corrected chi connectivity index (χ2v) is 10.8. The summed E-state index contributed by atoms with van der Waals surface area (Å²) >= 11 is 1.46. The number of hydrogen-bond donors (Lipinski definition) is 3. The maximum absolute atomic E-state index is 12.4. The molecule has 41 heavy (non-hydrogen) atoms.